The Hall–Kier alpha value is -2.06. The van der Waals surface area contributed by atoms with Crippen molar-refractivity contribution in [3.8, 4) is 5.75 Å². The van der Waals surface area contributed by atoms with E-state index in [2.05, 4.69) is 26.0 Å². The highest BCUT2D eigenvalue weighted by Crippen LogP contribution is 2.34. The van der Waals surface area contributed by atoms with Crippen LogP contribution in [0.3, 0.4) is 0 Å². The number of rotatable bonds is 4. The van der Waals surface area contributed by atoms with Gasteiger partial charge in [0.15, 0.2) is 5.75 Å². The minimum Gasteiger partial charge on any atom is -0.494 e. The van der Waals surface area contributed by atoms with Crippen molar-refractivity contribution in [2.24, 2.45) is 0 Å². The molecule has 1 saturated heterocycles. The summed E-state index contributed by atoms with van der Waals surface area (Å²) in [5.74, 6) is -0.851. The number of halogens is 2. The number of imide groups is 1. The van der Waals surface area contributed by atoms with Gasteiger partial charge in [0.2, 0.25) is 0 Å². The zero-order chi connectivity index (χ0) is 17.1. The van der Waals surface area contributed by atoms with Gasteiger partial charge in [-0.1, -0.05) is 11.6 Å². The van der Waals surface area contributed by atoms with E-state index in [1.54, 1.807) is 12.1 Å². The Kier molecular flexibility index (Phi) is 5.27. The monoisotopic (exact) mass is 402 g/mol. The maximum atomic E-state index is 12.2. The minimum atomic E-state index is -0.690. The average molecular weight is 404 g/mol. The summed E-state index contributed by atoms with van der Waals surface area (Å²) in [6, 6.07) is 2.58. The van der Waals surface area contributed by atoms with Gasteiger partial charge in [-0.05, 0) is 39.7 Å². The van der Waals surface area contributed by atoms with Crippen LogP contribution in [-0.4, -0.2) is 43.6 Å². The first-order valence-electron chi connectivity index (χ1n) is 6.31. The molecule has 7 nitrogen and oxygen atoms in total. The second kappa shape index (κ2) is 7.01. The van der Waals surface area contributed by atoms with Crippen LogP contribution in [0.25, 0.3) is 6.08 Å². The van der Waals surface area contributed by atoms with Crippen molar-refractivity contribution in [2.75, 3.05) is 20.8 Å². The van der Waals surface area contributed by atoms with Crippen LogP contribution < -0.4 is 10.1 Å². The molecule has 0 unspecified atom stereocenters. The van der Waals surface area contributed by atoms with Gasteiger partial charge < -0.3 is 14.8 Å². The van der Waals surface area contributed by atoms with Crippen molar-refractivity contribution in [1.82, 2.24) is 10.2 Å². The summed E-state index contributed by atoms with van der Waals surface area (Å²) in [5, 5.41) is 2.74. The van der Waals surface area contributed by atoms with Crippen LogP contribution in [0.2, 0.25) is 5.02 Å². The molecule has 0 aromatic heterocycles. The number of hydrogen-bond acceptors (Lipinski definition) is 5. The zero-order valence-corrected chi connectivity index (χ0v) is 14.5. The van der Waals surface area contributed by atoms with Gasteiger partial charge in [0.1, 0.15) is 12.2 Å². The third-order valence-corrected chi connectivity index (χ3v) is 3.88. The van der Waals surface area contributed by atoms with Crippen LogP contribution in [0.5, 0.6) is 5.75 Å². The molecule has 0 aliphatic carbocycles. The first-order chi connectivity index (χ1) is 10.9. The van der Waals surface area contributed by atoms with E-state index in [0.29, 0.717) is 20.8 Å². The van der Waals surface area contributed by atoms with Crippen LogP contribution in [0.4, 0.5) is 4.79 Å². The molecule has 1 N–H and O–H groups in total. The van der Waals surface area contributed by atoms with E-state index in [1.807, 2.05) is 0 Å². The quantitative estimate of drug-likeness (QED) is 0.473. The van der Waals surface area contributed by atoms with Crippen LogP contribution in [0.1, 0.15) is 5.56 Å². The third-order valence-electron chi connectivity index (χ3n) is 3.01. The van der Waals surface area contributed by atoms with Crippen LogP contribution >= 0.6 is 27.5 Å². The van der Waals surface area contributed by atoms with Crippen molar-refractivity contribution >= 4 is 51.5 Å². The van der Waals surface area contributed by atoms with Crippen LogP contribution in [-0.2, 0) is 14.3 Å². The molecule has 2 rings (SSSR count). The Labute approximate surface area is 145 Å². The van der Waals surface area contributed by atoms with E-state index in [-0.39, 0.29) is 5.70 Å². The molecule has 1 aromatic carbocycles. The van der Waals surface area contributed by atoms with Gasteiger partial charge in [-0.2, -0.15) is 0 Å². The second-order valence-corrected chi connectivity index (χ2v) is 5.73. The summed E-state index contributed by atoms with van der Waals surface area (Å²) < 4.78 is 10.2. The lowest BCUT2D eigenvalue weighted by Crippen LogP contribution is -2.36. The lowest BCUT2D eigenvalue weighted by molar-refractivity contribution is -0.143. The van der Waals surface area contributed by atoms with Crippen molar-refractivity contribution < 1.29 is 23.9 Å². The number of esters is 1. The maximum absolute atomic E-state index is 12.2. The molecule has 23 heavy (non-hydrogen) atoms. The Morgan fingerprint density at radius 1 is 1.39 bits per heavy atom. The normalized spacial score (nSPS) is 15.8. The molecule has 0 saturated carbocycles. The van der Waals surface area contributed by atoms with Gasteiger partial charge in [-0.25, -0.2) is 9.69 Å². The number of carbonyl (C=O) groups is 3. The van der Waals surface area contributed by atoms with Crippen molar-refractivity contribution in [3.63, 3.8) is 0 Å². The standard InChI is InChI=1S/C14H12BrClN2O5/c1-22-11(19)6-18-13(20)10(17-14(18)21)5-7-3-8(15)12(23-2)9(16)4-7/h3-5H,6H2,1-2H3,(H,17,21)/b10-5+. The van der Waals surface area contributed by atoms with E-state index in [0.717, 1.165) is 4.90 Å². The lowest BCUT2D eigenvalue weighted by atomic mass is 10.2. The number of nitrogens with zero attached hydrogens (tertiary/aromatic N) is 1. The largest absolute Gasteiger partial charge is 0.494 e. The summed E-state index contributed by atoms with van der Waals surface area (Å²) in [5.41, 5.74) is 0.610. The van der Waals surface area contributed by atoms with Gasteiger partial charge in [-0.3, -0.25) is 9.59 Å². The lowest BCUT2D eigenvalue weighted by Gasteiger charge is -2.09. The number of benzene rings is 1. The molecule has 0 bridgehead atoms. The van der Waals surface area contributed by atoms with E-state index < -0.39 is 24.5 Å². The predicted molar refractivity (Wildman–Crippen MR) is 85.9 cm³/mol. The second-order valence-electron chi connectivity index (χ2n) is 4.47. The number of methoxy groups -OCH3 is 2. The smallest absolute Gasteiger partial charge is 0.329 e. The molecule has 0 atom stereocenters. The Bertz CT molecular complexity index is 696. The van der Waals surface area contributed by atoms with Gasteiger partial charge in [0.25, 0.3) is 5.91 Å². The fraction of sp³-hybridized carbons (Fsp3) is 0.214. The molecule has 3 amide bonds. The summed E-state index contributed by atoms with van der Waals surface area (Å²) in [6.07, 6.45) is 1.45. The number of amides is 3. The van der Waals surface area contributed by atoms with Crippen molar-refractivity contribution in [2.45, 2.75) is 0 Å². The first kappa shape index (κ1) is 17.3. The SMILES string of the molecule is COC(=O)CN1C(=O)N/C(=C/c2cc(Cl)c(OC)c(Br)c2)C1=O. The molecule has 1 aliphatic rings. The summed E-state index contributed by atoms with van der Waals surface area (Å²) >= 11 is 9.38. The summed E-state index contributed by atoms with van der Waals surface area (Å²) in [7, 11) is 2.66. The van der Waals surface area contributed by atoms with Gasteiger partial charge in [-0.15, -0.1) is 0 Å². The molecule has 1 aromatic rings. The number of ether oxygens (including phenoxy) is 2. The zero-order valence-electron chi connectivity index (χ0n) is 12.2. The minimum absolute atomic E-state index is 0.0343. The Balaban J connectivity index is 2.29. The van der Waals surface area contributed by atoms with Gasteiger partial charge in [0, 0.05) is 0 Å². The van der Waals surface area contributed by atoms with E-state index in [1.165, 1.54) is 20.3 Å². The number of urea groups is 1. The molecule has 122 valence electrons. The van der Waals surface area contributed by atoms with Gasteiger partial charge in [0.05, 0.1) is 23.7 Å². The first-order valence-corrected chi connectivity index (χ1v) is 7.49. The van der Waals surface area contributed by atoms with Crippen LogP contribution in [0.15, 0.2) is 22.3 Å². The summed E-state index contributed by atoms with van der Waals surface area (Å²) in [4.78, 5) is 35.9. The fourth-order valence-corrected chi connectivity index (χ4v) is 2.99. The van der Waals surface area contributed by atoms with Crippen LogP contribution in [0, 0.1) is 0 Å². The fourth-order valence-electron chi connectivity index (χ4n) is 1.93. The highest BCUT2D eigenvalue weighted by atomic mass is 79.9. The highest BCUT2D eigenvalue weighted by Gasteiger charge is 2.35. The summed E-state index contributed by atoms with van der Waals surface area (Å²) in [6.45, 7) is -0.453. The molecule has 0 radical (unpaired) electrons. The Morgan fingerprint density at radius 2 is 2.09 bits per heavy atom. The molecular weight excluding hydrogens is 392 g/mol. The molecule has 1 heterocycles. The average Bonchev–Trinajstić information content (AvgIpc) is 2.74. The number of hydrogen-bond donors (Lipinski definition) is 1. The van der Waals surface area contributed by atoms with E-state index >= 15 is 0 Å². The van der Waals surface area contributed by atoms with Gasteiger partial charge >= 0.3 is 12.0 Å². The molecule has 9 heteroatoms. The topological polar surface area (TPSA) is 84.9 Å². The van der Waals surface area contributed by atoms with E-state index in [4.69, 9.17) is 16.3 Å². The molecule has 1 fully saturated rings. The number of nitrogens with one attached hydrogen (secondary N) is 1. The molecule has 1 aliphatic heterocycles. The predicted octanol–water partition coefficient (Wildman–Crippen LogP) is 2.18. The number of carbonyl (C=O) groups excluding carboxylic acids is 3. The van der Waals surface area contributed by atoms with Crippen molar-refractivity contribution in [3.05, 3.63) is 32.9 Å². The Morgan fingerprint density at radius 3 is 2.65 bits per heavy atom. The highest BCUT2D eigenvalue weighted by molar-refractivity contribution is 9.10. The third kappa shape index (κ3) is 3.65. The molecular formula is C14H12BrClN2O5. The van der Waals surface area contributed by atoms with E-state index in [9.17, 15) is 14.4 Å². The maximum Gasteiger partial charge on any atom is 0.329 e. The van der Waals surface area contributed by atoms with Crippen molar-refractivity contribution in [1.29, 1.82) is 0 Å². The molecule has 0 spiro atoms.